The first-order valence-corrected chi connectivity index (χ1v) is 11.3. The second kappa shape index (κ2) is 9.02. The number of aryl methyl sites for hydroxylation is 3. The van der Waals surface area contributed by atoms with Crippen molar-refractivity contribution >= 4 is 22.8 Å². The molecule has 0 saturated heterocycles. The smallest absolute Gasteiger partial charge is 0.266 e. The fourth-order valence-electron chi connectivity index (χ4n) is 3.95. The minimum atomic E-state index is -0.710. The predicted molar refractivity (Wildman–Crippen MR) is 133 cm³/mol. The highest BCUT2D eigenvalue weighted by atomic mass is 16.5. The number of amides is 1. The van der Waals surface area contributed by atoms with Gasteiger partial charge in [-0.3, -0.25) is 4.79 Å². The van der Waals surface area contributed by atoms with Crippen LogP contribution in [-0.2, 0) is 4.79 Å². The number of hydrogen-bond donors (Lipinski definition) is 1. The highest BCUT2D eigenvalue weighted by Gasteiger charge is 2.21. The Balaban J connectivity index is 1.48. The van der Waals surface area contributed by atoms with Gasteiger partial charge in [0.2, 0.25) is 0 Å². The Morgan fingerprint density at radius 2 is 1.80 bits per heavy atom. The Kier molecular flexibility index (Phi) is 5.74. The predicted octanol–water partition coefficient (Wildman–Crippen LogP) is 4.33. The molecule has 9 nitrogen and oxygen atoms in total. The summed E-state index contributed by atoms with van der Waals surface area (Å²) >= 11 is 0. The number of carbonyl (C=O) groups excluding carboxylic acids is 1. The van der Waals surface area contributed by atoms with E-state index in [-0.39, 0.29) is 5.91 Å². The second-order valence-electron chi connectivity index (χ2n) is 8.43. The van der Waals surface area contributed by atoms with Crippen LogP contribution in [0, 0.1) is 20.8 Å². The molecule has 0 unspecified atom stereocenters. The number of para-hydroxylation sites is 1. The van der Waals surface area contributed by atoms with Crippen LogP contribution in [0.5, 0.6) is 5.75 Å². The lowest BCUT2D eigenvalue weighted by Crippen LogP contribution is -2.31. The van der Waals surface area contributed by atoms with E-state index in [0.29, 0.717) is 28.4 Å². The largest absolute Gasteiger partial charge is 0.481 e. The van der Waals surface area contributed by atoms with Gasteiger partial charge in [-0.25, -0.2) is 14.6 Å². The first-order valence-electron chi connectivity index (χ1n) is 11.3. The fraction of sp³-hybridized carbons (Fsp3) is 0.192. The number of carbonyl (C=O) groups is 1. The SMILES string of the molecule is Cc1ccc(-n2ncc3c(-n4nc(C)cc4NC(=O)[C@@H](C)Oc4ccccc4)ncnc32)c(C)c1. The van der Waals surface area contributed by atoms with E-state index < -0.39 is 6.10 Å². The molecule has 5 aromatic rings. The Bertz CT molecular complexity index is 1520. The summed E-state index contributed by atoms with van der Waals surface area (Å²) in [5, 5.41) is 12.8. The summed E-state index contributed by atoms with van der Waals surface area (Å²) in [4.78, 5) is 21.8. The van der Waals surface area contributed by atoms with Crippen molar-refractivity contribution in [2.24, 2.45) is 0 Å². The lowest BCUT2D eigenvalue weighted by molar-refractivity contribution is -0.122. The van der Waals surface area contributed by atoms with Crippen molar-refractivity contribution in [2.75, 3.05) is 5.32 Å². The number of rotatable bonds is 6. The topological polar surface area (TPSA) is 99.8 Å². The number of ether oxygens (including phenoxy) is 1. The number of benzene rings is 2. The van der Waals surface area contributed by atoms with E-state index in [4.69, 9.17) is 4.74 Å². The van der Waals surface area contributed by atoms with Gasteiger partial charge in [-0.05, 0) is 51.5 Å². The third-order valence-corrected chi connectivity index (χ3v) is 5.63. The van der Waals surface area contributed by atoms with Gasteiger partial charge in [0.15, 0.2) is 17.6 Å². The van der Waals surface area contributed by atoms with Gasteiger partial charge in [0, 0.05) is 6.07 Å². The fourth-order valence-corrected chi connectivity index (χ4v) is 3.95. The van der Waals surface area contributed by atoms with Crippen molar-refractivity contribution in [3.8, 4) is 17.3 Å². The molecule has 1 atom stereocenters. The minimum Gasteiger partial charge on any atom is -0.481 e. The Morgan fingerprint density at radius 1 is 1.00 bits per heavy atom. The van der Waals surface area contributed by atoms with Gasteiger partial charge in [0.05, 0.1) is 23.0 Å². The second-order valence-corrected chi connectivity index (χ2v) is 8.43. The molecule has 3 aromatic heterocycles. The van der Waals surface area contributed by atoms with Crippen LogP contribution in [0.3, 0.4) is 0 Å². The van der Waals surface area contributed by atoms with Gasteiger partial charge in [-0.15, -0.1) is 0 Å². The van der Waals surface area contributed by atoms with Gasteiger partial charge < -0.3 is 10.1 Å². The molecule has 0 radical (unpaired) electrons. The molecule has 0 fully saturated rings. The summed E-state index contributed by atoms with van der Waals surface area (Å²) in [5.74, 6) is 1.32. The first-order chi connectivity index (χ1) is 16.9. The molecule has 176 valence electrons. The molecule has 3 heterocycles. The van der Waals surface area contributed by atoms with Crippen molar-refractivity contribution in [1.29, 1.82) is 0 Å². The van der Waals surface area contributed by atoms with E-state index in [1.165, 1.54) is 11.9 Å². The molecule has 35 heavy (non-hydrogen) atoms. The van der Waals surface area contributed by atoms with E-state index in [1.54, 1.807) is 28.6 Å². The van der Waals surface area contributed by atoms with Crippen molar-refractivity contribution in [2.45, 2.75) is 33.8 Å². The van der Waals surface area contributed by atoms with Crippen LogP contribution in [0.15, 0.2) is 67.1 Å². The highest BCUT2D eigenvalue weighted by molar-refractivity contribution is 5.94. The highest BCUT2D eigenvalue weighted by Crippen LogP contribution is 2.25. The average molecular weight is 468 g/mol. The van der Waals surface area contributed by atoms with Crippen LogP contribution in [0.2, 0.25) is 0 Å². The maximum atomic E-state index is 12.9. The molecule has 0 aliphatic rings. The molecule has 0 spiro atoms. The molecule has 5 rings (SSSR count). The van der Waals surface area contributed by atoms with E-state index in [1.807, 2.05) is 56.3 Å². The molecule has 1 N–H and O–H groups in total. The van der Waals surface area contributed by atoms with Crippen LogP contribution in [-0.4, -0.2) is 41.5 Å². The standard InChI is InChI=1S/C26H25N7O2/c1-16-10-11-22(17(2)12-16)32-24-21(14-29-32)25(28-15-27-24)33-23(13-18(3)31-33)30-26(34)19(4)35-20-8-6-5-7-9-20/h5-15,19H,1-4H3,(H,30,34)/t19-/m1/s1. The van der Waals surface area contributed by atoms with Gasteiger partial charge >= 0.3 is 0 Å². The molecular formula is C26H25N7O2. The van der Waals surface area contributed by atoms with Crippen LogP contribution in [0.1, 0.15) is 23.7 Å². The summed E-state index contributed by atoms with van der Waals surface area (Å²) in [5.41, 5.74) is 4.58. The maximum absolute atomic E-state index is 12.9. The van der Waals surface area contributed by atoms with Gasteiger partial charge in [-0.1, -0.05) is 35.9 Å². The lowest BCUT2D eigenvalue weighted by atomic mass is 10.1. The van der Waals surface area contributed by atoms with E-state index >= 15 is 0 Å². The van der Waals surface area contributed by atoms with Crippen LogP contribution < -0.4 is 10.1 Å². The molecular weight excluding hydrogens is 442 g/mol. The molecule has 1 amide bonds. The van der Waals surface area contributed by atoms with Crippen molar-refractivity contribution < 1.29 is 9.53 Å². The van der Waals surface area contributed by atoms with Crippen LogP contribution in [0.4, 0.5) is 5.82 Å². The lowest BCUT2D eigenvalue weighted by Gasteiger charge is -2.15. The number of aromatic nitrogens is 6. The third kappa shape index (κ3) is 4.35. The Morgan fingerprint density at radius 3 is 2.57 bits per heavy atom. The Labute approximate surface area is 202 Å². The van der Waals surface area contributed by atoms with Gasteiger partial charge in [-0.2, -0.15) is 14.9 Å². The molecule has 0 saturated carbocycles. The first kappa shape index (κ1) is 22.3. The molecule has 0 aliphatic heterocycles. The number of nitrogens with one attached hydrogen (secondary N) is 1. The summed E-state index contributed by atoms with van der Waals surface area (Å²) in [6.45, 7) is 7.65. The van der Waals surface area contributed by atoms with Gasteiger partial charge in [0.1, 0.15) is 17.9 Å². The van der Waals surface area contributed by atoms with Crippen LogP contribution in [0.25, 0.3) is 22.5 Å². The summed E-state index contributed by atoms with van der Waals surface area (Å²) in [7, 11) is 0. The van der Waals surface area contributed by atoms with Crippen molar-refractivity contribution in [3.63, 3.8) is 0 Å². The summed E-state index contributed by atoms with van der Waals surface area (Å²) in [6.07, 6.45) is 2.48. The van der Waals surface area contributed by atoms with Crippen LogP contribution >= 0.6 is 0 Å². The van der Waals surface area contributed by atoms with Gasteiger partial charge in [0.25, 0.3) is 5.91 Å². The number of nitrogens with zero attached hydrogens (tertiary/aromatic N) is 6. The number of anilines is 1. The molecule has 0 bridgehead atoms. The van der Waals surface area contributed by atoms with Crippen molar-refractivity contribution in [3.05, 3.63) is 83.9 Å². The summed E-state index contributed by atoms with van der Waals surface area (Å²) in [6, 6.07) is 17.2. The van der Waals surface area contributed by atoms with E-state index in [9.17, 15) is 4.79 Å². The monoisotopic (exact) mass is 467 g/mol. The zero-order valence-electron chi connectivity index (χ0n) is 19.9. The number of fused-ring (bicyclic) bond motifs is 1. The molecule has 0 aliphatic carbocycles. The minimum absolute atomic E-state index is 0.300. The van der Waals surface area contributed by atoms with Crippen molar-refractivity contribution in [1.82, 2.24) is 29.5 Å². The van der Waals surface area contributed by atoms with E-state index in [2.05, 4.69) is 38.5 Å². The quantitative estimate of drug-likeness (QED) is 0.399. The third-order valence-electron chi connectivity index (χ3n) is 5.63. The zero-order valence-corrected chi connectivity index (χ0v) is 19.9. The maximum Gasteiger partial charge on any atom is 0.266 e. The normalized spacial score (nSPS) is 12.0. The van der Waals surface area contributed by atoms with E-state index in [0.717, 1.165) is 16.9 Å². The Hall–Kier alpha value is -4.53. The number of hydrogen-bond acceptors (Lipinski definition) is 6. The summed E-state index contributed by atoms with van der Waals surface area (Å²) < 4.78 is 9.15. The molecule has 9 heteroatoms. The average Bonchev–Trinajstić information content (AvgIpc) is 3.43. The zero-order chi connectivity index (χ0) is 24.5. The molecule has 2 aromatic carbocycles.